The predicted octanol–water partition coefficient (Wildman–Crippen LogP) is 1.11. The topological polar surface area (TPSA) is 69.0 Å². The second-order valence-electron chi connectivity index (χ2n) is 4.88. The molecule has 6 nitrogen and oxygen atoms in total. The number of esters is 1. The average Bonchev–Trinajstić information content (AvgIpc) is 2.83. The van der Waals surface area contributed by atoms with Crippen molar-refractivity contribution in [2.24, 2.45) is 0 Å². The van der Waals surface area contributed by atoms with Crippen LogP contribution in [0.2, 0.25) is 0 Å². The number of rotatable bonds is 3. The lowest BCUT2D eigenvalue weighted by Gasteiger charge is -2.24. The highest BCUT2D eigenvalue weighted by Crippen LogP contribution is 2.29. The van der Waals surface area contributed by atoms with Crippen LogP contribution in [-0.4, -0.2) is 41.2 Å². The molecule has 0 aliphatic carbocycles. The third-order valence-corrected chi connectivity index (χ3v) is 3.32. The van der Waals surface area contributed by atoms with Gasteiger partial charge in [0.05, 0.1) is 12.8 Å². The van der Waals surface area contributed by atoms with Crippen LogP contribution in [-0.2, 0) is 4.74 Å². The Morgan fingerprint density at radius 2 is 2.11 bits per heavy atom. The molecule has 1 aliphatic rings. The number of nitrogens with zero attached hydrogens (tertiary/aromatic N) is 3. The van der Waals surface area contributed by atoms with Gasteiger partial charge in [0.25, 0.3) is 0 Å². The van der Waals surface area contributed by atoms with Crippen LogP contribution in [0.1, 0.15) is 54.8 Å². The SMILES string of the molecule is COC(=O)c1nnn(C(C)C)c1C1CCNCC1. The van der Waals surface area contributed by atoms with Gasteiger partial charge in [0.15, 0.2) is 5.69 Å². The fourth-order valence-corrected chi connectivity index (χ4v) is 2.40. The number of hydrogen-bond acceptors (Lipinski definition) is 5. The lowest BCUT2D eigenvalue weighted by atomic mass is 9.92. The minimum atomic E-state index is -0.393. The van der Waals surface area contributed by atoms with E-state index >= 15 is 0 Å². The highest BCUT2D eigenvalue weighted by molar-refractivity contribution is 5.88. The molecule has 100 valence electrons. The molecule has 1 fully saturated rings. The van der Waals surface area contributed by atoms with Crippen LogP contribution in [0, 0.1) is 0 Å². The second-order valence-corrected chi connectivity index (χ2v) is 4.88. The summed E-state index contributed by atoms with van der Waals surface area (Å²) in [5.41, 5.74) is 1.30. The predicted molar refractivity (Wildman–Crippen MR) is 66.6 cm³/mol. The van der Waals surface area contributed by atoms with Crippen molar-refractivity contribution >= 4 is 5.97 Å². The van der Waals surface area contributed by atoms with Crippen molar-refractivity contribution in [2.45, 2.75) is 38.6 Å². The molecule has 0 bridgehead atoms. The number of aromatic nitrogens is 3. The Morgan fingerprint density at radius 3 is 2.67 bits per heavy atom. The summed E-state index contributed by atoms with van der Waals surface area (Å²) in [6, 6.07) is 0.195. The number of piperidine rings is 1. The van der Waals surface area contributed by atoms with Gasteiger partial charge >= 0.3 is 5.97 Å². The smallest absolute Gasteiger partial charge is 0.360 e. The highest BCUT2D eigenvalue weighted by Gasteiger charge is 2.29. The summed E-state index contributed by atoms with van der Waals surface area (Å²) in [7, 11) is 1.38. The maximum atomic E-state index is 11.8. The first-order valence-corrected chi connectivity index (χ1v) is 6.39. The van der Waals surface area contributed by atoms with E-state index in [9.17, 15) is 4.79 Å². The molecule has 1 aromatic rings. The average molecular weight is 252 g/mol. The van der Waals surface area contributed by atoms with E-state index in [4.69, 9.17) is 4.74 Å². The Kier molecular flexibility index (Phi) is 3.96. The molecule has 1 aliphatic heterocycles. The number of nitrogens with one attached hydrogen (secondary N) is 1. The van der Waals surface area contributed by atoms with Gasteiger partial charge in [-0.15, -0.1) is 5.10 Å². The quantitative estimate of drug-likeness (QED) is 0.816. The molecule has 6 heteroatoms. The van der Waals surface area contributed by atoms with Gasteiger partial charge in [-0.25, -0.2) is 9.48 Å². The molecule has 2 heterocycles. The number of carbonyl (C=O) groups is 1. The van der Waals surface area contributed by atoms with Crippen molar-refractivity contribution in [3.05, 3.63) is 11.4 Å². The van der Waals surface area contributed by atoms with E-state index in [1.165, 1.54) is 7.11 Å². The van der Waals surface area contributed by atoms with Gasteiger partial charge in [-0.1, -0.05) is 5.21 Å². The Morgan fingerprint density at radius 1 is 1.44 bits per heavy atom. The summed E-state index contributed by atoms with van der Waals surface area (Å²) in [4.78, 5) is 11.8. The van der Waals surface area contributed by atoms with Crippen LogP contribution in [0.5, 0.6) is 0 Å². The van der Waals surface area contributed by atoms with Crippen molar-refractivity contribution in [3.8, 4) is 0 Å². The first kappa shape index (κ1) is 13.0. The number of hydrogen-bond donors (Lipinski definition) is 1. The first-order valence-electron chi connectivity index (χ1n) is 6.39. The molecule has 0 atom stereocenters. The summed E-state index contributed by atoms with van der Waals surface area (Å²) in [6.07, 6.45) is 2.01. The largest absolute Gasteiger partial charge is 0.464 e. The molecule has 0 unspecified atom stereocenters. The van der Waals surface area contributed by atoms with Crippen molar-refractivity contribution in [1.29, 1.82) is 0 Å². The van der Waals surface area contributed by atoms with Gasteiger partial charge < -0.3 is 10.1 Å². The van der Waals surface area contributed by atoms with Crippen LogP contribution in [0.3, 0.4) is 0 Å². The molecule has 1 saturated heterocycles. The van der Waals surface area contributed by atoms with Gasteiger partial charge in [-0.05, 0) is 39.8 Å². The Hall–Kier alpha value is -1.43. The maximum Gasteiger partial charge on any atom is 0.360 e. The summed E-state index contributed by atoms with van der Waals surface area (Å²) < 4.78 is 6.64. The minimum Gasteiger partial charge on any atom is -0.464 e. The Labute approximate surface area is 107 Å². The number of ether oxygens (including phenoxy) is 1. The lowest BCUT2D eigenvalue weighted by Crippen LogP contribution is -2.29. The van der Waals surface area contributed by atoms with Gasteiger partial charge in [0, 0.05) is 12.0 Å². The van der Waals surface area contributed by atoms with Crippen molar-refractivity contribution in [2.75, 3.05) is 20.2 Å². The lowest BCUT2D eigenvalue weighted by molar-refractivity contribution is 0.0591. The standard InChI is InChI=1S/C12H20N4O2/c1-8(2)16-11(9-4-6-13-7-5-9)10(14-15-16)12(17)18-3/h8-9,13H,4-7H2,1-3H3. The molecule has 1 aromatic heterocycles. The summed E-state index contributed by atoms with van der Waals surface area (Å²) in [5, 5.41) is 11.4. The van der Waals surface area contributed by atoms with E-state index < -0.39 is 5.97 Å². The molecular formula is C12H20N4O2. The minimum absolute atomic E-state index is 0.195. The third-order valence-electron chi connectivity index (χ3n) is 3.32. The fourth-order valence-electron chi connectivity index (χ4n) is 2.40. The Balaban J connectivity index is 2.39. The number of methoxy groups -OCH3 is 1. The van der Waals surface area contributed by atoms with Crippen molar-refractivity contribution in [1.82, 2.24) is 20.3 Å². The molecule has 0 amide bonds. The van der Waals surface area contributed by atoms with Crippen LogP contribution in [0.25, 0.3) is 0 Å². The molecule has 0 radical (unpaired) electrons. The Bertz CT molecular complexity index is 422. The van der Waals surface area contributed by atoms with Crippen LogP contribution in [0.4, 0.5) is 0 Å². The molecule has 0 saturated carbocycles. The monoisotopic (exact) mass is 252 g/mol. The van der Waals surface area contributed by atoms with Gasteiger partial charge in [0.2, 0.25) is 0 Å². The van der Waals surface area contributed by atoms with Crippen LogP contribution in [0.15, 0.2) is 0 Å². The first-order chi connectivity index (χ1) is 8.65. The highest BCUT2D eigenvalue weighted by atomic mass is 16.5. The summed E-state index contributed by atoms with van der Waals surface area (Å²) in [5.74, 6) is -0.0619. The summed E-state index contributed by atoms with van der Waals surface area (Å²) in [6.45, 7) is 6.02. The van der Waals surface area contributed by atoms with E-state index in [1.807, 2.05) is 18.5 Å². The van der Waals surface area contributed by atoms with Gasteiger partial charge in [-0.2, -0.15) is 0 Å². The molecule has 18 heavy (non-hydrogen) atoms. The zero-order valence-corrected chi connectivity index (χ0v) is 11.1. The molecule has 1 N–H and O–H groups in total. The summed E-state index contributed by atoms with van der Waals surface area (Å²) >= 11 is 0. The van der Waals surface area contributed by atoms with Gasteiger partial charge in [0.1, 0.15) is 0 Å². The molecule has 0 spiro atoms. The zero-order chi connectivity index (χ0) is 13.1. The molecule has 0 aromatic carbocycles. The van der Waals surface area contributed by atoms with E-state index in [0.29, 0.717) is 11.6 Å². The van der Waals surface area contributed by atoms with Crippen LogP contribution < -0.4 is 5.32 Å². The van der Waals surface area contributed by atoms with Gasteiger partial charge in [-0.3, -0.25) is 0 Å². The maximum absolute atomic E-state index is 11.8. The van der Waals surface area contributed by atoms with E-state index in [0.717, 1.165) is 31.6 Å². The molecular weight excluding hydrogens is 232 g/mol. The second kappa shape index (κ2) is 5.48. The van der Waals surface area contributed by atoms with E-state index in [2.05, 4.69) is 15.6 Å². The normalized spacial score (nSPS) is 17.1. The van der Waals surface area contributed by atoms with Crippen molar-refractivity contribution < 1.29 is 9.53 Å². The number of carbonyl (C=O) groups excluding carboxylic acids is 1. The van der Waals surface area contributed by atoms with E-state index in [-0.39, 0.29) is 6.04 Å². The van der Waals surface area contributed by atoms with Crippen LogP contribution >= 0.6 is 0 Å². The van der Waals surface area contributed by atoms with E-state index in [1.54, 1.807) is 0 Å². The molecule has 2 rings (SSSR count). The third kappa shape index (κ3) is 2.38. The zero-order valence-electron chi connectivity index (χ0n) is 11.1. The fraction of sp³-hybridized carbons (Fsp3) is 0.750. The van der Waals surface area contributed by atoms with Crippen molar-refractivity contribution in [3.63, 3.8) is 0 Å².